The lowest BCUT2D eigenvalue weighted by atomic mass is 10.1. The van der Waals surface area contributed by atoms with E-state index in [4.69, 9.17) is 23.2 Å². The molecule has 2 unspecified atom stereocenters. The number of rotatable bonds is 6. The minimum atomic E-state index is -0.680. The summed E-state index contributed by atoms with van der Waals surface area (Å²) in [5, 5.41) is 10.7. The minimum absolute atomic E-state index is 0.266. The number of unbranched alkanes of at least 4 members (excludes halogenated alkanes) is 2. The van der Waals surface area contributed by atoms with Crippen LogP contribution in [0.5, 0.6) is 0 Å². The molecule has 0 aromatic heterocycles. The highest BCUT2D eigenvalue weighted by Crippen LogP contribution is 2.12. The van der Waals surface area contributed by atoms with Crippen LogP contribution in [-0.4, -0.2) is 17.4 Å². The zero-order chi connectivity index (χ0) is 8.69. The molecule has 0 N–H and O–H groups in total. The van der Waals surface area contributed by atoms with Crippen molar-refractivity contribution in [1.29, 1.82) is 0 Å². The van der Waals surface area contributed by atoms with Crippen LogP contribution in [-0.2, 0) is 5.11 Å². The second-order valence-electron chi connectivity index (χ2n) is 2.70. The molecule has 0 amide bonds. The molecule has 0 spiro atoms. The smallest absolute Gasteiger partial charge is 0.110 e. The summed E-state index contributed by atoms with van der Waals surface area (Å²) in [7, 11) is 0. The molecule has 0 heterocycles. The highest BCUT2D eigenvalue weighted by Gasteiger charge is 2.15. The van der Waals surface area contributed by atoms with Crippen LogP contribution in [0.25, 0.3) is 0 Å². The third-order valence-electron chi connectivity index (χ3n) is 1.64. The molecule has 1 radical (unpaired) electrons. The van der Waals surface area contributed by atoms with E-state index in [1.165, 1.54) is 0 Å². The molecule has 0 aliphatic heterocycles. The van der Waals surface area contributed by atoms with Crippen molar-refractivity contribution in [2.75, 3.05) is 5.88 Å². The highest BCUT2D eigenvalue weighted by atomic mass is 35.5. The van der Waals surface area contributed by atoms with Crippen LogP contribution in [0.3, 0.4) is 0 Å². The van der Waals surface area contributed by atoms with Crippen molar-refractivity contribution >= 4 is 23.2 Å². The molecular weight excluding hydrogens is 183 g/mol. The van der Waals surface area contributed by atoms with Crippen LogP contribution in [0.15, 0.2) is 0 Å². The number of halogens is 2. The average Bonchev–Trinajstić information content (AvgIpc) is 2.03. The highest BCUT2D eigenvalue weighted by molar-refractivity contribution is 6.28. The quantitative estimate of drug-likeness (QED) is 0.461. The SMILES string of the molecule is CCCCCC([O])C(Cl)CCl. The van der Waals surface area contributed by atoms with E-state index in [1.54, 1.807) is 0 Å². The van der Waals surface area contributed by atoms with Gasteiger partial charge in [-0.15, -0.1) is 23.2 Å². The fourth-order valence-electron chi connectivity index (χ4n) is 0.876. The fourth-order valence-corrected chi connectivity index (χ4v) is 1.20. The molecule has 0 saturated heterocycles. The normalized spacial score (nSPS) is 16.4. The van der Waals surface area contributed by atoms with Crippen molar-refractivity contribution < 1.29 is 5.11 Å². The number of hydrogen-bond donors (Lipinski definition) is 0. The van der Waals surface area contributed by atoms with Crippen molar-refractivity contribution in [3.05, 3.63) is 0 Å². The van der Waals surface area contributed by atoms with Crippen molar-refractivity contribution in [2.24, 2.45) is 0 Å². The predicted molar refractivity (Wildman–Crippen MR) is 49.0 cm³/mol. The van der Waals surface area contributed by atoms with E-state index in [-0.39, 0.29) is 5.88 Å². The van der Waals surface area contributed by atoms with Gasteiger partial charge in [-0.25, -0.2) is 5.11 Å². The Bertz CT molecular complexity index is 88.2. The summed E-state index contributed by atoms with van der Waals surface area (Å²) >= 11 is 11.1. The summed E-state index contributed by atoms with van der Waals surface area (Å²) in [5.41, 5.74) is 0. The Kier molecular flexibility index (Phi) is 7.56. The van der Waals surface area contributed by atoms with E-state index in [0.29, 0.717) is 6.42 Å². The molecule has 67 valence electrons. The van der Waals surface area contributed by atoms with Gasteiger partial charge in [0.05, 0.1) is 5.38 Å². The van der Waals surface area contributed by atoms with Gasteiger partial charge in [0, 0.05) is 5.88 Å². The molecule has 1 nitrogen and oxygen atoms in total. The van der Waals surface area contributed by atoms with Crippen LogP contribution in [0.1, 0.15) is 32.6 Å². The molecule has 0 saturated carbocycles. The molecule has 0 fully saturated rings. The Hall–Kier alpha value is 0.540. The maximum absolute atomic E-state index is 11.1. The second kappa shape index (κ2) is 7.20. The molecule has 3 heteroatoms. The Morgan fingerprint density at radius 1 is 1.36 bits per heavy atom. The molecular formula is C8H15Cl2O. The lowest BCUT2D eigenvalue weighted by Crippen LogP contribution is -2.20. The first-order valence-corrected chi connectivity index (χ1v) is 5.05. The molecule has 0 bridgehead atoms. The topological polar surface area (TPSA) is 19.9 Å². The molecule has 11 heavy (non-hydrogen) atoms. The van der Waals surface area contributed by atoms with Crippen LogP contribution in [0, 0.1) is 0 Å². The molecule has 0 aromatic carbocycles. The maximum Gasteiger partial charge on any atom is 0.110 e. The lowest BCUT2D eigenvalue weighted by molar-refractivity contribution is 0.0793. The van der Waals surface area contributed by atoms with Gasteiger partial charge in [-0.2, -0.15) is 0 Å². The van der Waals surface area contributed by atoms with Gasteiger partial charge in [-0.05, 0) is 6.42 Å². The number of alkyl halides is 2. The van der Waals surface area contributed by atoms with E-state index >= 15 is 0 Å². The average molecular weight is 198 g/mol. The van der Waals surface area contributed by atoms with Crippen molar-refractivity contribution in [3.63, 3.8) is 0 Å². The second-order valence-corrected chi connectivity index (χ2v) is 3.57. The van der Waals surface area contributed by atoms with Gasteiger partial charge in [0.1, 0.15) is 6.10 Å². The van der Waals surface area contributed by atoms with Crippen molar-refractivity contribution in [3.8, 4) is 0 Å². The van der Waals surface area contributed by atoms with Gasteiger partial charge < -0.3 is 0 Å². The standard InChI is InChI=1S/C8H15Cl2O/c1-2-3-4-5-8(11)7(10)6-9/h7-8H,2-6H2,1H3. The Morgan fingerprint density at radius 2 is 2.00 bits per heavy atom. The van der Waals surface area contributed by atoms with Gasteiger partial charge in [0.2, 0.25) is 0 Å². The summed E-state index contributed by atoms with van der Waals surface area (Å²) in [6.45, 7) is 2.11. The van der Waals surface area contributed by atoms with E-state index < -0.39 is 11.5 Å². The Morgan fingerprint density at radius 3 is 2.45 bits per heavy atom. The Labute approximate surface area is 78.7 Å². The molecule has 0 rings (SSSR count). The summed E-state index contributed by atoms with van der Waals surface area (Å²) < 4.78 is 0. The zero-order valence-electron chi connectivity index (χ0n) is 6.85. The van der Waals surface area contributed by atoms with E-state index in [2.05, 4.69) is 6.92 Å². The first-order chi connectivity index (χ1) is 5.22. The number of hydrogen-bond acceptors (Lipinski definition) is 0. The maximum atomic E-state index is 11.1. The molecule has 0 aliphatic rings. The van der Waals surface area contributed by atoms with Gasteiger partial charge in [-0.3, -0.25) is 0 Å². The van der Waals surface area contributed by atoms with Crippen molar-refractivity contribution in [1.82, 2.24) is 0 Å². The third kappa shape index (κ3) is 5.77. The first-order valence-electron chi connectivity index (χ1n) is 4.08. The zero-order valence-corrected chi connectivity index (χ0v) is 8.37. The largest absolute Gasteiger partial charge is 0.231 e. The monoisotopic (exact) mass is 197 g/mol. The predicted octanol–water partition coefficient (Wildman–Crippen LogP) is 3.21. The van der Waals surface area contributed by atoms with Crippen LogP contribution >= 0.6 is 23.2 Å². The Balaban J connectivity index is 3.28. The molecule has 0 aliphatic carbocycles. The summed E-state index contributed by atoms with van der Waals surface area (Å²) in [6, 6.07) is 0. The first kappa shape index (κ1) is 11.5. The van der Waals surface area contributed by atoms with Gasteiger partial charge >= 0.3 is 0 Å². The van der Waals surface area contributed by atoms with Gasteiger partial charge in [0.15, 0.2) is 0 Å². The van der Waals surface area contributed by atoms with E-state index in [1.807, 2.05) is 0 Å². The van der Waals surface area contributed by atoms with Crippen LogP contribution in [0.4, 0.5) is 0 Å². The van der Waals surface area contributed by atoms with E-state index in [0.717, 1.165) is 19.3 Å². The molecule has 2 atom stereocenters. The lowest BCUT2D eigenvalue weighted by Gasteiger charge is -2.10. The van der Waals surface area contributed by atoms with E-state index in [9.17, 15) is 5.11 Å². The van der Waals surface area contributed by atoms with Crippen molar-refractivity contribution in [2.45, 2.75) is 44.1 Å². The summed E-state index contributed by atoms with van der Waals surface area (Å²) in [5.74, 6) is 0.266. The summed E-state index contributed by atoms with van der Waals surface area (Å²) in [6.07, 6.45) is 3.21. The van der Waals surface area contributed by atoms with Crippen LogP contribution in [0.2, 0.25) is 0 Å². The van der Waals surface area contributed by atoms with Gasteiger partial charge in [0.25, 0.3) is 0 Å². The fraction of sp³-hybridized carbons (Fsp3) is 1.00. The van der Waals surface area contributed by atoms with Gasteiger partial charge in [-0.1, -0.05) is 26.2 Å². The summed E-state index contributed by atoms with van der Waals surface area (Å²) in [4.78, 5) is 0. The molecule has 0 aromatic rings. The third-order valence-corrected chi connectivity index (χ3v) is 2.57. The minimum Gasteiger partial charge on any atom is -0.231 e. The van der Waals surface area contributed by atoms with Crippen LogP contribution < -0.4 is 0 Å².